The highest BCUT2D eigenvalue weighted by atomic mass is 15.5. The maximum atomic E-state index is 4.20. The summed E-state index contributed by atoms with van der Waals surface area (Å²) in [4.78, 5) is 3.18. The van der Waals surface area contributed by atoms with Crippen LogP contribution < -0.4 is 0 Å². The second-order valence-electron chi connectivity index (χ2n) is 2.59. The quantitative estimate of drug-likeness (QED) is 0.657. The summed E-state index contributed by atoms with van der Waals surface area (Å²) in [6.07, 6.45) is 2.72. The van der Waals surface area contributed by atoms with Crippen molar-refractivity contribution >= 4 is 5.65 Å². The van der Waals surface area contributed by atoms with Gasteiger partial charge in [0.2, 0.25) is 0 Å². The standard InChI is InChI=1S/C7H10N4/c1-3-6-9-7-5(2)4-8-11(7)10-6/h4H,3H2,1-2H3,(H,9,10). The van der Waals surface area contributed by atoms with Crippen LogP contribution in [0.1, 0.15) is 18.3 Å². The zero-order valence-electron chi connectivity index (χ0n) is 6.63. The lowest BCUT2D eigenvalue weighted by molar-refractivity contribution is 0.789. The average Bonchev–Trinajstić information content (AvgIpc) is 2.53. The number of hydrogen-bond acceptors (Lipinski definition) is 2. The summed E-state index contributed by atoms with van der Waals surface area (Å²) in [5.74, 6) is 0.983. The van der Waals surface area contributed by atoms with E-state index in [1.54, 1.807) is 10.8 Å². The molecule has 0 saturated heterocycles. The van der Waals surface area contributed by atoms with Gasteiger partial charge in [0.05, 0.1) is 6.20 Å². The molecule has 4 nitrogen and oxygen atoms in total. The van der Waals surface area contributed by atoms with Crippen LogP contribution in [0, 0.1) is 6.92 Å². The maximum Gasteiger partial charge on any atom is 0.158 e. The Kier molecular flexibility index (Phi) is 1.21. The van der Waals surface area contributed by atoms with Gasteiger partial charge in [-0.05, 0) is 6.92 Å². The van der Waals surface area contributed by atoms with Gasteiger partial charge in [0.15, 0.2) is 5.65 Å². The SMILES string of the molecule is CCc1nn2ncc(C)c2[nH]1. The minimum absolute atomic E-state index is 0.919. The molecule has 0 amide bonds. The fourth-order valence-electron chi connectivity index (χ4n) is 1.08. The first-order chi connectivity index (χ1) is 5.31. The highest BCUT2D eigenvalue weighted by Gasteiger charge is 2.03. The monoisotopic (exact) mass is 150 g/mol. The number of aromatic nitrogens is 4. The number of fused-ring (bicyclic) bond motifs is 1. The van der Waals surface area contributed by atoms with Gasteiger partial charge in [0.1, 0.15) is 5.82 Å². The van der Waals surface area contributed by atoms with Crippen molar-refractivity contribution in [1.82, 2.24) is 19.8 Å². The summed E-state index contributed by atoms with van der Waals surface area (Å²) >= 11 is 0. The van der Waals surface area contributed by atoms with Crippen LogP contribution in [0.5, 0.6) is 0 Å². The summed E-state index contributed by atoms with van der Waals surface area (Å²) in [6, 6.07) is 0. The molecule has 0 aliphatic carbocycles. The van der Waals surface area contributed by atoms with E-state index in [-0.39, 0.29) is 0 Å². The smallest absolute Gasteiger partial charge is 0.158 e. The van der Waals surface area contributed by atoms with E-state index in [1.807, 2.05) is 6.92 Å². The molecule has 0 radical (unpaired) electrons. The Labute approximate surface area is 64.2 Å². The van der Waals surface area contributed by atoms with Gasteiger partial charge in [-0.2, -0.15) is 5.10 Å². The molecule has 0 fully saturated rings. The largest absolute Gasteiger partial charge is 0.325 e. The number of aromatic amines is 1. The third-order valence-electron chi connectivity index (χ3n) is 1.75. The van der Waals surface area contributed by atoms with E-state index < -0.39 is 0 Å². The first-order valence-electron chi connectivity index (χ1n) is 3.70. The first kappa shape index (κ1) is 6.39. The molecule has 0 saturated carbocycles. The third-order valence-corrected chi connectivity index (χ3v) is 1.75. The summed E-state index contributed by atoms with van der Waals surface area (Å²) in [7, 11) is 0. The Bertz CT molecular complexity index is 371. The zero-order valence-corrected chi connectivity index (χ0v) is 6.63. The summed E-state index contributed by atoms with van der Waals surface area (Å²) < 4.78 is 1.63. The number of rotatable bonds is 1. The number of hydrogen-bond donors (Lipinski definition) is 1. The van der Waals surface area contributed by atoms with Crippen LogP contribution in [0.3, 0.4) is 0 Å². The second kappa shape index (κ2) is 2.08. The molecule has 1 N–H and O–H groups in total. The molecule has 58 valence electrons. The van der Waals surface area contributed by atoms with Crippen LogP contribution in [0.15, 0.2) is 6.20 Å². The summed E-state index contributed by atoms with van der Waals surface area (Å²) in [6.45, 7) is 4.08. The van der Waals surface area contributed by atoms with Gasteiger partial charge in [-0.25, -0.2) is 0 Å². The molecular weight excluding hydrogens is 140 g/mol. The molecule has 0 unspecified atom stereocenters. The van der Waals surface area contributed by atoms with E-state index in [4.69, 9.17) is 0 Å². The summed E-state index contributed by atoms with van der Waals surface area (Å²) in [5.41, 5.74) is 2.14. The highest BCUT2D eigenvalue weighted by Crippen LogP contribution is 2.05. The fourth-order valence-corrected chi connectivity index (χ4v) is 1.08. The minimum atomic E-state index is 0.919. The Morgan fingerprint density at radius 2 is 2.45 bits per heavy atom. The predicted octanol–water partition coefficient (Wildman–Crippen LogP) is 0.928. The molecule has 0 atom stereocenters. The van der Waals surface area contributed by atoms with Gasteiger partial charge in [-0.15, -0.1) is 9.73 Å². The normalized spacial score (nSPS) is 11.1. The maximum absolute atomic E-state index is 4.20. The summed E-state index contributed by atoms with van der Waals surface area (Å²) in [5, 5.41) is 8.26. The van der Waals surface area contributed by atoms with Crippen LogP contribution in [0.4, 0.5) is 0 Å². The number of nitrogens with one attached hydrogen (secondary N) is 1. The van der Waals surface area contributed by atoms with Crippen LogP contribution in [-0.4, -0.2) is 19.8 Å². The third kappa shape index (κ3) is 0.824. The van der Waals surface area contributed by atoms with Crippen LogP contribution in [0.25, 0.3) is 5.65 Å². The van der Waals surface area contributed by atoms with Crippen molar-refractivity contribution < 1.29 is 0 Å². The first-order valence-corrected chi connectivity index (χ1v) is 3.70. The van der Waals surface area contributed by atoms with Crippen molar-refractivity contribution in [1.29, 1.82) is 0 Å². The van der Waals surface area contributed by atoms with Gasteiger partial charge < -0.3 is 4.98 Å². The van der Waals surface area contributed by atoms with E-state index >= 15 is 0 Å². The molecule has 2 heterocycles. The van der Waals surface area contributed by atoms with Crippen LogP contribution in [0.2, 0.25) is 0 Å². The Morgan fingerprint density at radius 1 is 1.64 bits per heavy atom. The average molecular weight is 150 g/mol. The van der Waals surface area contributed by atoms with Crippen molar-refractivity contribution in [2.75, 3.05) is 0 Å². The van der Waals surface area contributed by atoms with E-state index in [0.717, 1.165) is 23.5 Å². The Hall–Kier alpha value is -1.32. The second-order valence-corrected chi connectivity index (χ2v) is 2.59. The zero-order chi connectivity index (χ0) is 7.84. The van der Waals surface area contributed by atoms with Gasteiger partial charge in [0, 0.05) is 12.0 Å². The van der Waals surface area contributed by atoms with Crippen molar-refractivity contribution in [3.05, 3.63) is 17.6 Å². The molecule has 4 heteroatoms. The molecule has 0 bridgehead atoms. The molecule has 0 spiro atoms. The number of nitrogens with zero attached hydrogens (tertiary/aromatic N) is 3. The minimum Gasteiger partial charge on any atom is -0.325 e. The number of H-pyrrole nitrogens is 1. The lowest BCUT2D eigenvalue weighted by Gasteiger charge is -1.81. The number of aryl methyl sites for hydroxylation is 2. The van der Waals surface area contributed by atoms with Gasteiger partial charge in [-0.3, -0.25) is 0 Å². The topological polar surface area (TPSA) is 46.0 Å². The fraction of sp³-hybridized carbons (Fsp3) is 0.429. The highest BCUT2D eigenvalue weighted by molar-refractivity contribution is 5.44. The van der Waals surface area contributed by atoms with E-state index in [2.05, 4.69) is 22.1 Å². The molecular formula is C7H10N4. The Morgan fingerprint density at radius 3 is 3.09 bits per heavy atom. The molecule has 11 heavy (non-hydrogen) atoms. The van der Waals surface area contributed by atoms with Crippen molar-refractivity contribution in [2.24, 2.45) is 0 Å². The lowest BCUT2D eigenvalue weighted by atomic mass is 10.4. The van der Waals surface area contributed by atoms with E-state index in [1.165, 1.54) is 0 Å². The van der Waals surface area contributed by atoms with E-state index in [9.17, 15) is 0 Å². The Balaban J connectivity index is 2.70. The van der Waals surface area contributed by atoms with Crippen molar-refractivity contribution in [3.63, 3.8) is 0 Å². The van der Waals surface area contributed by atoms with Crippen molar-refractivity contribution in [2.45, 2.75) is 20.3 Å². The molecule has 2 aromatic rings. The molecule has 2 rings (SSSR count). The van der Waals surface area contributed by atoms with Crippen LogP contribution >= 0.6 is 0 Å². The van der Waals surface area contributed by atoms with Gasteiger partial charge >= 0.3 is 0 Å². The van der Waals surface area contributed by atoms with Crippen molar-refractivity contribution in [3.8, 4) is 0 Å². The molecule has 0 aromatic carbocycles. The molecule has 2 aromatic heterocycles. The molecule has 0 aliphatic heterocycles. The van der Waals surface area contributed by atoms with Gasteiger partial charge in [0.25, 0.3) is 0 Å². The van der Waals surface area contributed by atoms with Crippen LogP contribution in [-0.2, 0) is 6.42 Å². The van der Waals surface area contributed by atoms with Gasteiger partial charge in [-0.1, -0.05) is 6.92 Å². The van der Waals surface area contributed by atoms with E-state index in [0.29, 0.717) is 0 Å². The lowest BCUT2D eigenvalue weighted by Crippen LogP contribution is -1.87. The predicted molar refractivity (Wildman–Crippen MR) is 41.5 cm³/mol. The molecule has 0 aliphatic rings.